The number of carbonyl (C=O) groups is 1. The topological polar surface area (TPSA) is 55.6 Å². The van der Waals surface area contributed by atoms with Gasteiger partial charge in [-0.15, -0.1) is 0 Å². The average molecular weight is 170 g/mol. The van der Waals surface area contributed by atoms with E-state index in [1.54, 1.807) is 4.90 Å². The summed E-state index contributed by atoms with van der Waals surface area (Å²) >= 11 is 0. The van der Waals surface area contributed by atoms with E-state index in [1.165, 1.54) is 0 Å². The molecule has 0 bridgehead atoms. The molecule has 0 saturated carbocycles. The molecule has 4 heteroatoms. The average Bonchev–Trinajstić information content (AvgIpc) is 2.59. The first-order chi connectivity index (χ1) is 5.72. The van der Waals surface area contributed by atoms with Gasteiger partial charge in [-0.1, -0.05) is 0 Å². The Morgan fingerprint density at radius 3 is 2.92 bits per heavy atom. The van der Waals surface area contributed by atoms with Crippen LogP contribution in [-0.4, -0.2) is 36.2 Å². The molecule has 1 atom stereocenters. The van der Waals surface area contributed by atoms with E-state index >= 15 is 0 Å². The Bertz CT molecular complexity index is 199. The molecule has 4 nitrogen and oxygen atoms in total. The summed E-state index contributed by atoms with van der Waals surface area (Å²) in [7, 11) is 0. The van der Waals surface area contributed by atoms with Crippen molar-refractivity contribution in [2.75, 3.05) is 19.8 Å². The minimum absolute atomic E-state index is 0.183. The molecule has 0 spiro atoms. The maximum Gasteiger partial charge on any atom is 0.224 e. The number of ether oxygens (including phenoxy) is 1. The van der Waals surface area contributed by atoms with E-state index in [-0.39, 0.29) is 5.91 Å². The number of likely N-dealkylation sites (tertiary alicyclic amines) is 1. The van der Waals surface area contributed by atoms with E-state index in [0.29, 0.717) is 19.6 Å². The minimum atomic E-state index is -0.492. The zero-order valence-electron chi connectivity index (χ0n) is 7.08. The second kappa shape index (κ2) is 2.71. The summed E-state index contributed by atoms with van der Waals surface area (Å²) in [6.07, 6.45) is 2.37. The fraction of sp³-hybridized carbons (Fsp3) is 0.875. The zero-order chi connectivity index (χ0) is 8.60. The Balaban J connectivity index is 2.11. The van der Waals surface area contributed by atoms with Crippen molar-refractivity contribution >= 4 is 5.91 Å². The van der Waals surface area contributed by atoms with Gasteiger partial charge in [-0.3, -0.25) is 4.79 Å². The van der Waals surface area contributed by atoms with Crippen LogP contribution >= 0.6 is 0 Å². The molecule has 2 aliphatic heterocycles. The molecule has 0 aromatic rings. The highest BCUT2D eigenvalue weighted by molar-refractivity contribution is 5.78. The third kappa shape index (κ3) is 1.11. The molecule has 0 radical (unpaired) electrons. The highest BCUT2D eigenvalue weighted by Crippen LogP contribution is 2.25. The Hall–Kier alpha value is -0.610. The molecule has 2 rings (SSSR count). The van der Waals surface area contributed by atoms with Crippen LogP contribution in [0.2, 0.25) is 0 Å². The van der Waals surface area contributed by atoms with Gasteiger partial charge in [-0.2, -0.15) is 0 Å². The van der Waals surface area contributed by atoms with Crippen LogP contribution in [0, 0.1) is 0 Å². The Morgan fingerprint density at radius 1 is 1.58 bits per heavy atom. The van der Waals surface area contributed by atoms with E-state index in [0.717, 1.165) is 19.4 Å². The van der Waals surface area contributed by atoms with Crippen LogP contribution in [0.5, 0.6) is 0 Å². The van der Waals surface area contributed by atoms with Crippen molar-refractivity contribution in [3.8, 4) is 0 Å². The van der Waals surface area contributed by atoms with Gasteiger partial charge in [0.2, 0.25) is 5.91 Å². The van der Waals surface area contributed by atoms with E-state index in [9.17, 15) is 4.79 Å². The molecule has 1 amide bonds. The number of amides is 1. The second-order valence-corrected chi connectivity index (χ2v) is 3.56. The molecule has 2 fully saturated rings. The van der Waals surface area contributed by atoms with Crippen LogP contribution in [0.1, 0.15) is 19.3 Å². The van der Waals surface area contributed by atoms with Crippen LogP contribution in [-0.2, 0) is 9.53 Å². The molecule has 2 saturated heterocycles. The summed E-state index contributed by atoms with van der Waals surface area (Å²) in [5, 5.41) is 0. The molecule has 0 unspecified atom stereocenters. The molecule has 2 N–H and O–H groups in total. The number of carbonyl (C=O) groups excluding carboxylic acids is 1. The highest BCUT2D eigenvalue weighted by Gasteiger charge is 2.41. The number of nitrogens with zero attached hydrogens (tertiary/aromatic N) is 1. The zero-order valence-corrected chi connectivity index (χ0v) is 7.08. The van der Waals surface area contributed by atoms with Crippen molar-refractivity contribution < 1.29 is 9.53 Å². The lowest BCUT2D eigenvalue weighted by Gasteiger charge is -2.33. The summed E-state index contributed by atoms with van der Waals surface area (Å²) < 4.78 is 5.20. The van der Waals surface area contributed by atoms with Crippen molar-refractivity contribution in [2.24, 2.45) is 5.73 Å². The fourth-order valence-electron chi connectivity index (χ4n) is 1.90. The van der Waals surface area contributed by atoms with Crippen molar-refractivity contribution in [1.82, 2.24) is 4.90 Å². The van der Waals surface area contributed by atoms with Gasteiger partial charge in [0.15, 0.2) is 0 Å². The Kier molecular flexibility index (Phi) is 1.81. The molecule has 0 aromatic heterocycles. The minimum Gasteiger partial charge on any atom is -0.377 e. The lowest BCUT2D eigenvalue weighted by Crippen LogP contribution is -2.57. The van der Waals surface area contributed by atoms with Crippen molar-refractivity contribution in [3.63, 3.8) is 0 Å². The molecular formula is C8H14N2O2. The number of hydrogen-bond donors (Lipinski definition) is 1. The number of nitrogens with two attached hydrogens (primary N) is 1. The van der Waals surface area contributed by atoms with E-state index in [1.807, 2.05) is 0 Å². The summed E-state index contributed by atoms with van der Waals surface area (Å²) in [5.41, 5.74) is 5.54. The molecule has 68 valence electrons. The van der Waals surface area contributed by atoms with Crippen molar-refractivity contribution in [1.29, 1.82) is 0 Å². The molecule has 12 heavy (non-hydrogen) atoms. The van der Waals surface area contributed by atoms with Gasteiger partial charge in [0.05, 0.1) is 13.2 Å². The van der Waals surface area contributed by atoms with Gasteiger partial charge < -0.3 is 15.4 Å². The quantitative estimate of drug-likeness (QED) is 0.587. The first-order valence-electron chi connectivity index (χ1n) is 4.39. The highest BCUT2D eigenvalue weighted by atomic mass is 16.5. The summed E-state index contributed by atoms with van der Waals surface area (Å²) in [4.78, 5) is 13.1. The van der Waals surface area contributed by atoms with Gasteiger partial charge >= 0.3 is 0 Å². The van der Waals surface area contributed by atoms with Crippen molar-refractivity contribution in [3.05, 3.63) is 0 Å². The van der Waals surface area contributed by atoms with Crippen LogP contribution in [0.25, 0.3) is 0 Å². The van der Waals surface area contributed by atoms with E-state index in [2.05, 4.69) is 0 Å². The Labute approximate surface area is 71.7 Å². The summed E-state index contributed by atoms with van der Waals surface area (Å²) in [6, 6.07) is 0. The van der Waals surface area contributed by atoms with Crippen LogP contribution < -0.4 is 5.73 Å². The van der Waals surface area contributed by atoms with E-state index in [4.69, 9.17) is 10.5 Å². The maximum absolute atomic E-state index is 11.4. The Morgan fingerprint density at radius 2 is 2.42 bits per heavy atom. The molecule has 0 aliphatic carbocycles. The third-order valence-corrected chi connectivity index (χ3v) is 2.64. The lowest BCUT2D eigenvalue weighted by atomic mass is 10.1. The van der Waals surface area contributed by atoms with Gasteiger partial charge in [0.1, 0.15) is 5.66 Å². The van der Waals surface area contributed by atoms with Gasteiger partial charge in [0.25, 0.3) is 0 Å². The molecule has 2 aliphatic rings. The first kappa shape index (κ1) is 8.01. The summed E-state index contributed by atoms with van der Waals surface area (Å²) in [6.45, 7) is 1.98. The maximum atomic E-state index is 11.4. The predicted molar refractivity (Wildman–Crippen MR) is 43.3 cm³/mol. The molecule has 2 heterocycles. The van der Waals surface area contributed by atoms with Crippen LogP contribution in [0.3, 0.4) is 0 Å². The third-order valence-electron chi connectivity index (χ3n) is 2.64. The van der Waals surface area contributed by atoms with Gasteiger partial charge in [-0.05, 0) is 6.42 Å². The molecular weight excluding hydrogens is 156 g/mol. The van der Waals surface area contributed by atoms with Crippen LogP contribution in [0.4, 0.5) is 0 Å². The van der Waals surface area contributed by atoms with Crippen molar-refractivity contribution in [2.45, 2.75) is 24.9 Å². The smallest absolute Gasteiger partial charge is 0.224 e. The molecule has 0 aromatic carbocycles. The predicted octanol–water partition coefficient (Wildman–Crippen LogP) is -0.316. The first-order valence-corrected chi connectivity index (χ1v) is 4.39. The SMILES string of the molecule is N[C@]1(N2CCCC2=O)CCOC1. The van der Waals surface area contributed by atoms with Crippen LogP contribution in [0.15, 0.2) is 0 Å². The summed E-state index contributed by atoms with van der Waals surface area (Å²) in [5.74, 6) is 0.183. The second-order valence-electron chi connectivity index (χ2n) is 3.56. The lowest BCUT2D eigenvalue weighted by molar-refractivity contribution is -0.133. The fourth-order valence-corrected chi connectivity index (χ4v) is 1.90. The number of rotatable bonds is 1. The number of hydrogen-bond acceptors (Lipinski definition) is 3. The monoisotopic (exact) mass is 170 g/mol. The standard InChI is InChI=1S/C8H14N2O2/c9-8(3-5-12-6-8)10-4-1-2-7(10)11/h1-6,9H2/t8-/m0/s1. The van der Waals surface area contributed by atoms with Gasteiger partial charge in [-0.25, -0.2) is 0 Å². The van der Waals surface area contributed by atoms with Gasteiger partial charge in [0, 0.05) is 19.4 Å². The normalized spacial score (nSPS) is 36.4. The largest absolute Gasteiger partial charge is 0.377 e. The van der Waals surface area contributed by atoms with E-state index < -0.39 is 5.66 Å².